The molecule has 16 heteroatoms. The summed E-state index contributed by atoms with van der Waals surface area (Å²) in [6.07, 6.45) is 29.3. The van der Waals surface area contributed by atoms with Crippen molar-refractivity contribution in [3.8, 4) is 0 Å². The summed E-state index contributed by atoms with van der Waals surface area (Å²) in [6.45, 7) is 3.28. The molecule has 16 nitrogen and oxygen atoms in total. The molecule has 7 unspecified atom stereocenters. The fourth-order valence-corrected chi connectivity index (χ4v) is 7.79. The molecule has 0 saturated carbocycles. The zero-order valence-electron chi connectivity index (χ0n) is 44.4. The van der Waals surface area contributed by atoms with Gasteiger partial charge >= 0.3 is 0 Å². The van der Waals surface area contributed by atoms with E-state index in [1.54, 1.807) is 0 Å². The van der Waals surface area contributed by atoms with Crippen LogP contribution in [0.5, 0.6) is 0 Å². The van der Waals surface area contributed by atoms with Gasteiger partial charge in [-0.15, -0.1) is 0 Å². The maximum Gasteiger partial charge on any atom is 0.152 e. The molecule has 0 aliphatic heterocycles. The van der Waals surface area contributed by atoms with Crippen molar-refractivity contribution in [1.29, 1.82) is 0 Å². The van der Waals surface area contributed by atoms with Gasteiger partial charge < -0.3 is 78.7 Å². The molecular formula is C54H108O16. The highest BCUT2D eigenvalue weighted by atomic mass is 16.6. The van der Waals surface area contributed by atoms with Crippen molar-refractivity contribution >= 4 is 0 Å². The van der Waals surface area contributed by atoms with Crippen LogP contribution in [0, 0.1) is 0 Å². The third kappa shape index (κ3) is 46.6. The van der Waals surface area contributed by atoms with Crippen LogP contribution in [-0.4, -0.2) is 183 Å². The lowest BCUT2D eigenvalue weighted by atomic mass is 10.0. The molecule has 0 amide bonds. The number of ether oxygens (including phenoxy) is 8. The first-order valence-corrected chi connectivity index (χ1v) is 27.9. The minimum atomic E-state index is -1.13. The van der Waals surface area contributed by atoms with E-state index in [0.29, 0.717) is 19.5 Å². The average molecular weight is 1010 g/mol. The van der Waals surface area contributed by atoms with Crippen molar-refractivity contribution in [2.75, 3.05) is 99.1 Å². The number of aliphatic hydroxyl groups excluding tert-OH is 8. The normalized spacial score (nSPS) is 15.3. The van der Waals surface area contributed by atoms with E-state index in [0.717, 1.165) is 38.5 Å². The highest BCUT2D eigenvalue weighted by molar-refractivity contribution is 4.83. The van der Waals surface area contributed by atoms with Crippen LogP contribution in [0.3, 0.4) is 0 Å². The maximum atomic E-state index is 10.1. The Labute approximate surface area is 425 Å². The van der Waals surface area contributed by atoms with E-state index in [9.17, 15) is 40.9 Å². The van der Waals surface area contributed by atoms with Gasteiger partial charge in [0.15, 0.2) is 5.76 Å². The Morgan fingerprint density at radius 2 is 0.671 bits per heavy atom. The molecule has 7 atom stereocenters. The first kappa shape index (κ1) is 68.8. The van der Waals surface area contributed by atoms with Gasteiger partial charge in [-0.2, -0.15) is 0 Å². The molecule has 8 N–H and O–H groups in total. The van der Waals surface area contributed by atoms with Gasteiger partial charge in [-0.3, -0.25) is 0 Å². The molecule has 0 fully saturated rings. The van der Waals surface area contributed by atoms with E-state index in [1.807, 2.05) is 0 Å². The second-order valence-electron chi connectivity index (χ2n) is 19.2. The molecular weight excluding hydrogens is 905 g/mol. The van der Waals surface area contributed by atoms with E-state index in [4.69, 9.17) is 37.9 Å². The number of rotatable bonds is 58. The van der Waals surface area contributed by atoms with Gasteiger partial charge in [0.25, 0.3) is 0 Å². The SMILES string of the molecule is CCCCCCCCCCCCCCCCOCC(OCC(COCC(O)CO)OCC(O)=CO)C(COCCCCCCCCCCCCCCCC)OCC(COCC(O)CO)OCC(O)CO. The van der Waals surface area contributed by atoms with E-state index in [1.165, 1.54) is 141 Å². The van der Waals surface area contributed by atoms with Crippen LogP contribution in [0.4, 0.5) is 0 Å². The summed E-state index contributed by atoms with van der Waals surface area (Å²) >= 11 is 0. The Kier molecular flexibility index (Phi) is 53.1. The molecule has 0 aliphatic carbocycles. The van der Waals surface area contributed by atoms with Gasteiger partial charge in [0.1, 0.15) is 55.6 Å². The zero-order chi connectivity index (χ0) is 51.4. The molecule has 0 aromatic heterocycles. The van der Waals surface area contributed by atoms with E-state index >= 15 is 0 Å². The monoisotopic (exact) mass is 1010 g/mol. The largest absolute Gasteiger partial charge is 0.512 e. The number of hydrogen-bond donors (Lipinski definition) is 8. The summed E-state index contributed by atoms with van der Waals surface area (Å²) in [5.41, 5.74) is 0. The van der Waals surface area contributed by atoms with Crippen molar-refractivity contribution in [3.63, 3.8) is 0 Å². The number of aliphatic hydroxyl groups is 8. The van der Waals surface area contributed by atoms with Crippen LogP contribution in [0.2, 0.25) is 0 Å². The van der Waals surface area contributed by atoms with Gasteiger partial charge in [-0.1, -0.05) is 181 Å². The summed E-state index contributed by atoms with van der Waals surface area (Å²) in [4.78, 5) is 0. The van der Waals surface area contributed by atoms with E-state index < -0.39 is 68.3 Å². The fraction of sp³-hybridized carbons (Fsp3) is 0.963. The van der Waals surface area contributed by atoms with Crippen LogP contribution in [0.25, 0.3) is 0 Å². The highest BCUT2D eigenvalue weighted by Crippen LogP contribution is 2.17. The molecule has 70 heavy (non-hydrogen) atoms. The highest BCUT2D eigenvalue weighted by Gasteiger charge is 2.28. The van der Waals surface area contributed by atoms with Gasteiger partial charge in [0.2, 0.25) is 0 Å². The third-order valence-corrected chi connectivity index (χ3v) is 12.3. The number of hydrogen-bond acceptors (Lipinski definition) is 16. The van der Waals surface area contributed by atoms with Crippen molar-refractivity contribution in [3.05, 3.63) is 12.0 Å². The lowest BCUT2D eigenvalue weighted by Crippen LogP contribution is -2.43. The van der Waals surface area contributed by atoms with Crippen molar-refractivity contribution in [2.24, 2.45) is 0 Å². The first-order chi connectivity index (χ1) is 34.2. The van der Waals surface area contributed by atoms with Gasteiger partial charge in [-0.25, -0.2) is 0 Å². The quantitative estimate of drug-likeness (QED) is 0.0210. The summed E-state index contributed by atoms with van der Waals surface area (Å²) in [7, 11) is 0. The second kappa shape index (κ2) is 54.1. The summed E-state index contributed by atoms with van der Waals surface area (Å²) in [5.74, 6) is -0.405. The Balaban J connectivity index is 5.73. The van der Waals surface area contributed by atoms with Crippen LogP contribution >= 0.6 is 0 Å². The molecule has 0 spiro atoms. The zero-order valence-corrected chi connectivity index (χ0v) is 44.4. The summed E-state index contributed by atoms with van der Waals surface area (Å²) in [6, 6.07) is 0. The molecule has 0 aliphatic rings. The lowest BCUT2D eigenvalue weighted by molar-refractivity contribution is -0.168. The van der Waals surface area contributed by atoms with Gasteiger partial charge in [-0.05, 0) is 12.8 Å². The standard InChI is InChI=1S/C54H108O16/c1-3-5-7-9-11-13-15-17-19-21-23-25-27-29-31-63-45-53(69-43-51(67-39-49(61)35-57)41-65-37-47(59)33-55)54(70-44-52(68-40-50(62)36-58)42-66-38-48(60)34-56)46-64-32-30-28-26-24-22-20-18-16-14-12-10-8-6-4-2/h35,47-48,50-62H,3-34,36-46H2,1-2H3. The molecule has 420 valence electrons. The molecule has 0 aromatic carbocycles. The smallest absolute Gasteiger partial charge is 0.152 e. The fourth-order valence-electron chi connectivity index (χ4n) is 7.79. The van der Waals surface area contributed by atoms with Gasteiger partial charge in [0.05, 0.1) is 79.3 Å². The second-order valence-corrected chi connectivity index (χ2v) is 19.2. The molecule has 0 heterocycles. The van der Waals surface area contributed by atoms with Gasteiger partial charge in [0, 0.05) is 13.2 Å². The third-order valence-electron chi connectivity index (χ3n) is 12.3. The Morgan fingerprint density at radius 3 is 1.00 bits per heavy atom. The van der Waals surface area contributed by atoms with Crippen LogP contribution in [0.15, 0.2) is 12.0 Å². The minimum Gasteiger partial charge on any atom is -0.512 e. The van der Waals surface area contributed by atoms with Crippen molar-refractivity contribution in [1.82, 2.24) is 0 Å². The lowest BCUT2D eigenvalue weighted by Gasteiger charge is -2.30. The van der Waals surface area contributed by atoms with Crippen LogP contribution in [-0.2, 0) is 37.9 Å². The van der Waals surface area contributed by atoms with E-state index in [-0.39, 0.29) is 66.1 Å². The summed E-state index contributed by atoms with van der Waals surface area (Å²) in [5, 5.41) is 77.0. The Hall–Kier alpha value is -1.22. The van der Waals surface area contributed by atoms with Crippen LogP contribution < -0.4 is 0 Å². The van der Waals surface area contributed by atoms with Crippen LogP contribution in [0.1, 0.15) is 194 Å². The molecule has 0 rings (SSSR count). The van der Waals surface area contributed by atoms with Crippen molar-refractivity contribution < 1.29 is 78.7 Å². The molecule has 0 radical (unpaired) electrons. The first-order valence-electron chi connectivity index (χ1n) is 27.9. The Morgan fingerprint density at radius 1 is 0.357 bits per heavy atom. The maximum absolute atomic E-state index is 10.1. The van der Waals surface area contributed by atoms with E-state index in [2.05, 4.69) is 13.8 Å². The average Bonchev–Trinajstić information content (AvgIpc) is 3.37. The van der Waals surface area contributed by atoms with Crippen molar-refractivity contribution in [2.45, 2.75) is 236 Å². The molecule has 0 saturated heterocycles. The molecule has 0 bridgehead atoms. The Bertz CT molecular complexity index is 1060. The predicted octanol–water partition coefficient (Wildman–Crippen LogP) is 8.57. The number of unbranched alkanes of at least 4 members (excludes halogenated alkanes) is 26. The summed E-state index contributed by atoms with van der Waals surface area (Å²) < 4.78 is 48.3. The minimum absolute atomic E-state index is 0.0439. The topological polar surface area (TPSA) is 236 Å². The molecule has 0 aromatic rings. The predicted molar refractivity (Wildman–Crippen MR) is 275 cm³/mol.